The van der Waals surface area contributed by atoms with E-state index in [4.69, 9.17) is 0 Å². The van der Waals surface area contributed by atoms with E-state index in [1.54, 1.807) is 0 Å². The summed E-state index contributed by atoms with van der Waals surface area (Å²) in [7, 11) is 0. The summed E-state index contributed by atoms with van der Waals surface area (Å²) in [5.74, 6) is 0. The minimum Gasteiger partial charge on any atom is -0.309 e. The van der Waals surface area contributed by atoms with Crippen molar-refractivity contribution in [3.63, 3.8) is 0 Å². The summed E-state index contributed by atoms with van der Waals surface area (Å²) in [6.45, 7) is 0. The molecule has 0 saturated heterocycles. The molecule has 0 spiro atoms. The van der Waals surface area contributed by atoms with Crippen LogP contribution in [0.15, 0.2) is 218 Å². The highest BCUT2D eigenvalue weighted by Crippen LogP contribution is 2.48. The number of benzene rings is 9. The van der Waals surface area contributed by atoms with Crippen molar-refractivity contribution >= 4 is 70.4 Å². The van der Waals surface area contributed by atoms with Crippen molar-refractivity contribution in [2.75, 3.05) is 4.90 Å². The first-order valence-electron chi connectivity index (χ1n) is 19.4. The van der Waals surface area contributed by atoms with E-state index in [2.05, 4.69) is 228 Å². The van der Waals surface area contributed by atoms with E-state index < -0.39 is 0 Å². The molecule has 0 unspecified atom stereocenters. The predicted octanol–water partition coefficient (Wildman–Crippen LogP) is 15.6. The van der Waals surface area contributed by atoms with E-state index in [1.165, 1.54) is 64.3 Å². The largest absolute Gasteiger partial charge is 0.309 e. The normalized spacial score (nSPS) is 11.5. The summed E-state index contributed by atoms with van der Waals surface area (Å²) in [6, 6.07) is 79.6. The Labute approximate surface area is 335 Å². The molecule has 2 aromatic heterocycles. The Morgan fingerprint density at radius 3 is 1.77 bits per heavy atom. The van der Waals surface area contributed by atoms with Gasteiger partial charge in [0, 0.05) is 53.4 Å². The molecule has 11 aromatic rings. The van der Waals surface area contributed by atoms with Crippen LogP contribution in [0.1, 0.15) is 0 Å². The molecule has 0 saturated carbocycles. The molecule has 0 fully saturated rings. The number of hydrogen-bond acceptors (Lipinski definition) is 2. The minimum atomic E-state index is 1.08. The van der Waals surface area contributed by atoms with Gasteiger partial charge in [-0.25, -0.2) is 0 Å². The molecule has 0 N–H and O–H groups in total. The van der Waals surface area contributed by atoms with E-state index >= 15 is 0 Å². The van der Waals surface area contributed by atoms with Gasteiger partial charge in [0.15, 0.2) is 0 Å². The topological polar surface area (TPSA) is 8.17 Å². The third kappa shape index (κ3) is 5.71. The lowest BCUT2D eigenvalue weighted by Gasteiger charge is -2.30. The molecule has 0 aliphatic rings. The molecule has 0 aliphatic carbocycles. The number of fused-ring (bicyclic) bond motifs is 6. The summed E-state index contributed by atoms with van der Waals surface area (Å²) >= 11 is 1.86. The molecular formula is C54H36N2S. The fourth-order valence-electron chi connectivity index (χ4n) is 8.56. The van der Waals surface area contributed by atoms with Gasteiger partial charge in [-0.1, -0.05) is 158 Å². The molecule has 9 aromatic carbocycles. The molecule has 11 rings (SSSR count). The summed E-state index contributed by atoms with van der Waals surface area (Å²) in [5, 5.41) is 5.05. The first kappa shape index (κ1) is 33.2. The zero-order valence-electron chi connectivity index (χ0n) is 31.1. The van der Waals surface area contributed by atoms with Crippen LogP contribution in [0.3, 0.4) is 0 Å². The Balaban J connectivity index is 1.22. The standard InChI is InChI=1S/C54H36N2S/c1-4-16-37(17-5-1)39-28-31-44(38-18-6-2-7-19-38)51(35-39)56(42-30-32-46-45-23-11-14-26-50(45)55(52(46)36-42)41-20-8-3-9-21-41)49-25-13-10-22-43(49)40-29-33-54-48(34-40)47-24-12-15-27-53(47)57-54/h1-36H. The highest BCUT2D eigenvalue weighted by Gasteiger charge is 2.23. The number of hydrogen-bond donors (Lipinski definition) is 0. The molecule has 2 heterocycles. The smallest absolute Gasteiger partial charge is 0.0561 e. The number of rotatable bonds is 7. The molecule has 0 radical (unpaired) electrons. The predicted molar refractivity (Wildman–Crippen MR) is 245 cm³/mol. The van der Waals surface area contributed by atoms with Gasteiger partial charge in [0.2, 0.25) is 0 Å². The molecule has 268 valence electrons. The number of anilines is 3. The van der Waals surface area contributed by atoms with E-state index in [0.29, 0.717) is 0 Å². The van der Waals surface area contributed by atoms with Gasteiger partial charge in [-0.2, -0.15) is 0 Å². The first-order valence-corrected chi connectivity index (χ1v) is 20.2. The molecule has 0 amide bonds. The highest BCUT2D eigenvalue weighted by atomic mass is 32.1. The van der Waals surface area contributed by atoms with Crippen LogP contribution in [0, 0.1) is 0 Å². The molecule has 0 bridgehead atoms. The minimum absolute atomic E-state index is 1.08. The van der Waals surface area contributed by atoms with E-state index in [1.807, 2.05) is 11.3 Å². The fourth-order valence-corrected chi connectivity index (χ4v) is 9.64. The number of thiophene rings is 1. The third-order valence-corrected chi connectivity index (χ3v) is 12.3. The number of nitrogens with zero attached hydrogens (tertiary/aromatic N) is 2. The molecule has 57 heavy (non-hydrogen) atoms. The lowest BCUT2D eigenvalue weighted by atomic mass is 9.95. The van der Waals surface area contributed by atoms with E-state index in [0.717, 1.165) is 33.8 Å². The Hall–Kier alpha value is -7.20. The lowest BCUT2D eigenvalue weighted by Crippen LogP contribution is -2.13. The van der Waals surface area contributed by atoms with E-state index in [-0.39, 0.29) is 0 Å². The quantitative estimate of drug-likeness (QED) is 0.158. The lowest BCUT2D eigenvalue weighted by molar-refractivity contribution is 1.18. The molecule has 0 atom stereocenters. The van der Waals surface area contributed by atoms with Crippen LogP contribution in [0.25, 0.3) is 81.0 Å². The Morgan fingerprint density at radius 2 is 0.947 bits per heavy atom. The van der Waals surface area contributed by atoms with Gasteiger partial charge < -0.3 is 9.47 Å². The maximum Gasteiger partial charge on any atom is 0.0561 e. The maximum atomic E-state index is 2.49. The van der Waals surface area contributed by atoms with Crippen LogP contribution in [0.5, 0.6) is 0 Å². The highest BCUT2D eigenvalue weighted by molar-refractivity contribution is 7.25. The van der Waals surface area contributed by atoms with Gasteiger partial charge in [-0.3, -0.25) is 0 Å². The Morgan fingerprint density at radius 1 is 0.333 bits per heavy atom. The summed E-state index contributed by atoms with van der Waals surface area (Å²) < 4.78 is 5.02. The van der Waals surface area contributed by atoms with Crippen molar-refractivity contribution in [1.29, 1.82) is 0 Å². The average molecular weight is 745 g/mol. The second-order valence-corrected chi connectivity index (χ2v) is 15.6. The van der Waals surface area contributed by atoms with Gasteiger partial charge >= 0.3 is 0 Å². The fraction of sp³-hybridized carbons (Fsp3) is 0. The number of para-hydroxylation sites is 3. The van der Waals surface area contributed by atoms with E-state index in [9.17, 15) is 0 Å². The zero-order valence-corrected chi connectivity index (χ0v) is 31.9. The summed E-state index contributed by atoms with van der Waals surface area (Å²) in [6.07, 6.45) is 0. The van der Waals surface area contributed by atoms with Crippen molar-refractivity contribution in [1.82, 2.24) is 4.57 Å². The van der Waals surface area contributed by atoms with Crippen LogP contribution in [0.2, 0.25) is 0 Å². The van der Waals surface area contributed by atoms with Crippen LogP contribution < -0.4 is 4.90 Å². The van der Waals surface area contributed by atoms with Gasteiger partial charge in [0.1, 0.15) is 0 Å². The SMILES string of the molecule is c1ccc(-c2ccc(-c3ccccc3)c(N(c3ccc4c5ccccc5n(-c5ccccc5)c4c3)c3ccccc3-c3ccc4sc5ccccc5c4c3)c2)cc1. The first-order chi connectivity index (χ1) is 28.3. The second kappa shape index (κ2) is 13.8. The van der Waals surface area contributed by atoms with Crippen molar-refractivity contribution < 1.29 is 0 Å². The van der Waals surface area contributed by atoms with Crippen molar-refractivity contribution in [3.8, 4) is 39.1 Å². The molecular weight excluding hydrogens is 709 g/mol. The van der Waals surface area contributed by atoms with Crippen molar-refractivity contribution in [3.05, 3.63) is 218 Å². The average Bonchev–Trinajstić information content (AvgIpc) is 3.83. The maximum absolute atomic E-state index is 2.49. The number of aromatic nitrogens is 1. The second-order valence-electron chi connectivity index (χ2n) is 14.5. The van der Waals surface area contributed by atoms with Crippen LogP contribution in [-0.4, -0.2) is 4.57 Å². The summed E-state index contributed by atoms with van der Waals surface area (Å²) in [5.41, 5.74) is 13.8. The van der Waals surface area contributed by atoms with Crippen LogP contribution in [-0.2, 0) is 0 Å². The van der Waals surface area contributed by atoms with Crippen LogP contribution >= 0.6 is 11.3 Å². The van der Waals surface area contributed by atoms with Gasteiger partial charge in [0.25, 0.3) is 0 Å². The Bertz CT molecular complexity index is 3230. The van der Waals surface area contributed by atoms with Gasteiger partial charge in [0.05, 0.1) is 22.4 Å². The van der Waals surface area contributed by atoms with Gasteiger partial charge in [-0.15, -0.1) is 11.3 Å². The van der Waals surface area contributed by atoms with Crippen molar-refractivity contribution in [2.24, 2.45) is 0 Å². The molecule has 0 aliphatic heterocycles. The zero-order chi connectivity index (χ0) is 37.7. The molecule has 2 nitrogen and oxygen atoms in total. The van der Waals surface area contributed by atoms with Crippen LogP contribution in [0.4, 0.5) is 17.1 Å². The monoisotopic (exact) mass is 744 g/mol. The molecule has 3 heteroatoms. The third-order valence-electron chi connectivity index (χ3n) is 11.2. The Kier molecular flexibility index (Phi) is 8.04. The summed E-state index contributed by atoms with van der Waals surface area (Å²) in [4.78, 5) is 2.49. The van der Waals surface area contributed by atoms with Crippen molar-refractivity contribution in [2.45, 2.75) is 0 Å². The van der Waals surface area contributed by atoms with Gasteiger partial charge in [-0.05, 0) is 82.9 Å².